The summed E-state index contributed by atoms with van der Waals surface area (Å²) < 4.78 is 42.4. The van der Waals surface area contributed by atoms with Gasteiger partial charge in [-0.25, -0.2) is 0 Å². The Morgan fingerprint density at radius 2 is 1.55 bits per heavy atom. The van der Waals surface area contributed by atoms with Crippen molar-refractivity contribution < 1.29 is 23.4 Å². The van der Waals surface area contributed by atoms with Crippen LogP contribution in [0.5, 0.6) is 5.75 Å². The van der Waals surface area contributed by atoms with Crippen molar-refractivity contribution in [3.05, 3.63) is 65.4 Å². The molecule has 0 aliphatic heterocycles. The molecule has 0 spiro atoms. The first kappa shape index (κ1) is 23.2. The number of rotatable bonds is 5. The number of aliphatic hydroxyl groups is 1. The molecule has 3 N–H and O–H groups in total. The van der Waals surface area contributed by atoms with E-state index in [0.717, 1.165) is 16.5 Å². The van der Waals surface area contributed by atoms with Crippen LogP contribution in [0.4, 0.5) is 13.2 Å². The van der Waals surface area contributed by atoms with Gasteiger partial charge in [0.05, 0.1) is 0 Å². The Labute approximate surface area is 180 Å². The van der Waals surface area contributed by atoms with Crippen molar-refractivity contribution in [3.8, 4) is 5.75 Å². The van der Waals surface area contributed by atoms with Gasteiger partial charge in [-0.05, 0) is 52.0 Å². The van der Waals surface area contributed by atoms with Gasteiger partial charge in [0, 0.05) is 17.6 Å². The van der Waals surface area contributed by atoms with Crippen molar-refractivity contribution in [2.75, 3.05) is 0 Å². The molecule has 1 unspecified atom stereocenters. The highest BCUT2D eigenvalue weighted by atomic mass is 19.4. The molecule has 0 saturated heterocycles. The monoisotopic (exact) mass is 433 g/mol. The number of fused-ring (bicyclic) bond motifs is 1. The van der Waals surface area contributed by atoms with Crippen LogP contribution in [0.15, 0.2) is 48.5 Å². The zero-order valence-corrected chi connectivity index (χ0v) is 18.6. The summed E-state index contributed by atoms with van der Waals surface area (Å²) in [6.07, 6.45) is -6.05. The molecule has 0 aliphatic rings. The fraction of sp³-hybridized carbons (Fsp3) is 0.440. The molecular weight excluding hydrogens is 403 g/mol. The molecule has 31 heavy (non-hydrogen) atoms. The number of phenolic OH excluding ortho intramolecular Hbond substituents is 1. The van der Waals surface area contributed by atoms with Crippen LogP contribution in [0.3, 0.4) is 0 Å². The van der Waals surface area contributed by atoms with Crippen LogP contribution in [0, 0.1) is 0 Å². The van der Waals surface area contributed by atoms with E-state index in [1.807, 2.05) is 32.9 Å². The van der Waals surface area contributed by atoms with Crippen molar-refractivity contribution >= 4 is 10.9 Å². The Morgan fingerprint density at radius 3 is 2.13 bits per heavy atom. The third kappa shape index (κ3) is 4.74. The van der Waals surface area contributed by atoms with E-state index in [-0.39, 0.29) is 11.2 Å². The highest BCUT2D eigenvalue weighted by molar-refractivity contribution is 5.80. The third-order valence-corrected chi connectivity index (χ3v) is 5.92. The number of aromatic hydroxyl groups is 1. The molecule has 0 fully saturated rings. The fourth-order valence-corrected chi connectivity index (χ4v) is 4.18. The first-order valence-electron chi connectivity index (χ1n) is 10.3. The lowest BCUT2D eigenvalue weighted by Crippen LogP contribution is -2.50. The minimum Gasteiger partial charge on any atom is -0.508 e. The summed E-state index contributed by atoms with van der Waals surface area (Å²) in [7, 11) is 0. The number of hydrogen-bond acceptors (Lipinski definition) is 2. The van der Waals surface area contributed by atoms with Gasteiger partial charge in [0.25, 0.3) is 0 Å². The van der Waals surface area contributed by atoms with Crippen molar-refractivity contribution in [2.24, 2.45) is 0 Å². The summed E-state index contributed by atoms with van der Waals surface area (Å²) in [6.45, 7) is 9.24. The molecule has 3 nitrogen and oxygen atoms in total. The smallest absolute Gasteiger partial charge is 0.417 e. The lowest BCUT2D eigenvalue weighted by molar-refractivity contribution is -0.266. The van der Waals surface area contributed by atoms with E-state index >= 15 is 0 Å². The fourth-order valence-electron chi connectivity index (χ4n) is 4.18. The van der Waals surface area contributed by atoms with Crippen LogP contribution in [-0.4, -0.2) is 27.0 Å². The molecule has 0 saturated carbocycles. The van der Waals surface area contributed by atoms with Gasteiger partial charge in [0.2, 0.25) is 0 Å². The summed E-state index contributed by atoms with van der Waals surface area (Å²) >= 11 is 0. The molecule has 0 radical (unpaired) electrons. The molecule has 168 valence electrons. The Balaban J connectivity index is 2.00. The molecule has 0 amide bonds. The Hall–Kier alpha value is -2.47. The number of alkyl halides is 3. The average Bonchev–Trinajstić information content (AvgIpc) is 3.01. The van der Waals surface area contributed by atoms with Gasteiger partial charge < -0.3 is 15.2 Å². The van der Waals surface area contributed by atoms with Crippen molar-refractivity contribution in [1.29, 1.82) is 0 Å². The molecule has 3 aromatic rings. The Kier molecular flexibility index (Phi) is 5.68. The molecule has 1 aromatic heterocycles. The first-order valence-corrected chi connectivity index (χ1v) is 10.3. The molecule has 0 bridgehead atoms. The highest BCUT2D eigenvalue weighted by Crippen LogP contribution is 2.45. The number of hydrogen-bond donors (Lipinski definition) is 3. The normalized spacial score (nSPS) is 15.3. The summed E-state index contributed by atoms with van der Waals surface area (Å²) in [4.78, 5) is 2.98. The van der Waals surface area contributed by atoms with Crippen molar-refractivity contribution in [3.63, 3.8) is 0 Å². The van der Waals surface area contributed by atoms with E-state index in [0.29, 0.717) is 11.3 Å². The number of aromatic amines is 1. The molecule has 6 heteroatoms. The van der Waals surface area contributed by atoms with E-state index in [2.05, 4.69) is 4.98 Å². The van der Waals surface area contributed by atoms with Gasteiger partial charge in [-0.15, -0.1) is 0 Å². The molecular formula is C25H30F3NO2. The van der Waals surface area contributed by atoms with Crippen LogP contribution in [0.1, 0.15) is 57.9 Å². The average molecular weight is 434 g/mol. The number of phenols is 1. The SMILES string of the molecule is CC(C)(C)c1ccc(O)c(C(C)(C)CC(O)(Cc2cc3ccccc3[nH]2)C(F)(F)F)c1. The van der Waals surface area contributed by atoms with Gasteiger partial charge in [0.1, 0.15) is 5.75 Å². The van der Waals surface area contributed by atoms with Crippen LogP contribution >= 0.6 is 0 Å². The first-order chi connectivity index (χ1) is 14.1. The number of H-pyrrole nitrogens is 1. The van der Waals surface area contributed by atoms with E-state index in [1.54, 1.807) is 44.2 Å². The van der Waals surface area contributed by atoms with E-state index in [4.69, 9.17) is 0 Å². The van der Waals surface area contributed by atoms with E-state index in [1.165, 1.54) is 6.07 Å². The maximum absolute atomic E-state index is 14.1. The van der Waals surface area contributed by atoms with E-state index < -0.39 is 30.0 Å². The second-order valence-electron chi connectivity index (χ2n) is 10.1. The van der Waals surface area contributed by atoms with Crippen LogP contribution in [0.25, 0.3) is 10.9 Å². The van der Waals surface area contributed by atoms with Gasteiger partial charge >= 0.3 is 6.18 Å². The molecule has 0 aliphatic carbocycles. The zero-order chi connectivity index (χ0) is 23.2. The zero-order valence-electron chi connectivity index (χ0n) is 18.6. The minimum atomic E-state index is -4.85. The van der Waals surface area contributed by atoms with E-state index in [9.17, 15) is 23.4 Å². The summed E-state index contributed by atoms with van der Waals surface area (Å²) in [5.74, 6) is -0.0758. The van der Waals surface area contributed by atoms with Gasteiger partial charge in [-0.1, -0.05) is 65.0 Å². The minimum absolute atomic E-state index is 0.0758. The lowest BCUT2D eigenvalue weighted by Gasteiger charge is -2.38. The predicted octanol–water partition coefficient (Wildman–Crippen LogP) is 6.37. The van der Waals surface area contributed by atoms with Crippen LogP contribution in [-0.2, 0) is 17.3 Å². The Morgan fingerprint density at radius 1 is 0.903 bits per heavy atom. The molecule has 2 aromatic carbocycles. The summed E-state index contributed by atoms with van der Waals surface area (Å²) in [5, 5.41) is 22.2. The largest absolute Gasteiger partial charge is 0.508 e. The highest BCUT2D eigenvalue weighted by Gasteiger charge is 2.56. The molecule has 3 rings (SSSR count). The second kappa shape index (κ2) is 7.59. The topological polar surface area (TPSA) is 56.2 Å². The van der Waals surface area contributed by atoms with Crippen LogP contribution in [0.2, 0.25) is 0 Å². The number of para-hydroxylation sites is 1. The van der Waals surface area contributed by atoms with Crippen LogP contribution < -0.4 is 0 Å². The number of halogens is 3. The van der Waals surface area contributed by atoms with Gasteiger partial charge in [-0.2, -0.15) is 13.2 Å². The standard InChI is InChI=1S/C25H30F3NO2/c1-22(2,3)17-10-11-21(30)19(13-17)23(4,5)15-24(31,25(26,27)28)14-18-12-16-8-6-7-9-20(16)29-18/h6-13,29-31H,14-15H2,1-5H3. The van der Waals surface area contributed by atoms with Crippen molar-refractivity contribution in [2.45, 2.75) is 70.1 Å². The number of nitrogens with one attached hydrogen (secondary N) is 1. The molecule has 1 heterocycles. The quantitative estimate of drug-likeness (QED) is 0.438. The molecule has 1 atom stereocenters. The second-order valence-corrected chi connectivity index (χ2v) is 10.1. The maximum Gasteiger partial charge on any atom is 0.417 e. The maximum atomic E-state index is 14.1. The number of benzene rings is 2. The number of aromatic nitrogens is 1. The third-order valence-electron chi connectivity index (χ3n) is 5.92. The summed E-state index contributed by atoms with van der Waals surface area (Å²) in [6, 6.07) is 13.9. The lowest BCUT2D eigenvalue weighted by atomic mass is 9.72. The summed E-state index contributed by atoms with van der Waals surface area (Å²) in [5.41, 5.74) is -2.02. The Bertz CT molecular complexity index is 1040. The van der Waals surface area contributed by atoms with Gasteiger partial charge in [0.15, 0.2) is 5.60 Å². The predicted molar refractivity (Wildman–Crippen MR) is 117 cm³/mol. The van der Waals surface area contributed by atoms with Crippen molar-refractivity contribution in [1.82, 2.24) is 4.98 Å². The van der Waals surface area contributed by atoms with Gasteiger partial charge in [-0.3, -0.25) is 0 Å².